The summed E-state index contributed by atoms with van der Waals surface area (Å²) >= 11 is 4.78. The van der Waals surface area contributed by atoms with E-state index in [1.807, 2.05) is 0 Å². The van der Waals surface area contributed by atoms with Crippen molar-refractivity contribution in [3.63, 3.8) is 0 Å². The molecule has 0 bridgehead atoms. The monoisotopic (exact) mass is 214 g/mol. The lowest BCUT2D eigenvalue weighted by Crippen LogP contribution is -2.15. The Balaban J connectivity index is 2.42. The molecule has 0 aliphatic carbocycles. The number of ether oxygens (including phenoxy) is 2. The van der Waals surface area contributed by atoms with Crippen molar-refractivity contribution in [3.05, 3.63) is 16.8 Å². The second-order valence-electron chi connectivity index (χ2n) is 2.35. The van der Waals surface area contributed by atoms with Crippen molar-refractivity contribution >= 4 is 18.2 Å². The number of carbonyl (C=O) groups excluding carboxylic acids is 1. The van der Waals surface area contributed by atoms with Crippen LogP contribution in [0.15, 0.2) is 12.1 Å². The van der Waals surface area contributed by atoms with E-state index < -0.39 is 5.97 Å². The molecule has 0 spiro atoms. The maximum absolute atomic E-state index is 10.9. The Labute approximate surface area is 86.0 Å². The molecule has 0 amide bonds. The summed E-state index contributed by atoms with van der Waals surface area (Å²) in [6.45, 7) is 1.92. The van der Waals surface area contributed by atoms with Gasteiger partial charge in [0.15, 0.2) is 6.61 Å². The van der Waals surface area contributed by atoms with E-state index in [9.17, 15) is 4.79 Å². The molecule has 0 aromatic carbocycles. The molecule has 76 valence electrons. The predicted molar refractivity (Wildman–Crippen MR) is 51.5 cm³/mol. The highest BCUT2D eigenvalue weighted by molar-refractivity contribution is 7.71. The molecule has 1 aromatic rings. The van der Waals surface area contributed by atoms with Crippen LogP contribution in [0.5, 0.6) is 5.88 Å². The topological polar surface area (TPSA) is 64.2 Å². The average Bonchev–Trinajstić information content (AvgIpc) is 2.17. The molecule has 1 heterocycles. The van der Waals surface area contributed by atoms with Crippen LogP contribution < -0.4 is 4.74 Å². The third kappa shape index (κ3) is 3.53. The Morgan fingerprint density at radius 2 is 2.43 bits per heavy atom. The third-order valence-corrected chi connectivity index (χ3v) is 1.52. The Kier molecular flexibility index (Phi) is 4.06. The molecule has 14 heavy (non-hydrogen) atoms. The largest absolute Gasteiger partial charge is 0.465 e. The molecule has 0 unspecified atom stereocenters. The van der Waals surface area contributed by atoms with Crippen molar-refractivity contribution in [1.82, 2.24) is 10.2 Å². The van der Waals surface area contributed by atoms with Gasteiger partial charge in [0.1, 0.15) is 4.64 Å². The molecule has 0 radical (unpaired) electrons. The summed E-state index contributed by atoms with van der Waals surface area (Å²) in [7, 11) is 0. The smallest absolute Gasteiger partial charge is 0.344 e. The number of H-pyrrole nitrogens is 1. The number of aromatic amines is 1. The van der Waals surface area contributed by atoms with Crippen LogP contribution in [-0.4, -0.2) is 29.4 Å². The van der Waals surface area contributed by atoms with Crippen molar-refractivity contribution in [2.45, 2.75) is 6.92 Å². The van der Waals surface area contributed by atoms with E-state index in [1.54, 1.807) is 19.1 Å². The third-order valence-electron chi connectivity index (χ3n) is 1.30. The van der Waals surface area contributed by atoms with Crippen molar-refractivity contribution in [3.8, 4) is 5.88 Å². The fraction of sp³-hybridized carbons (Fsp3) is 0.375. The van der Waals surface area contributed by atoms with Gasteiger partial charge < -0.3 is 9.47 Å². The summed E-state index contributed by atoms with van der Waals surface area (Å²) in [5.41, 5.74) is 0. The number of nitrogens with zero attached hydrogens (tertiary/aromatic N) is 1. The van der Waals surface area contributed by atoms with Crippen LogP contribution in [0.3, 0.4) is 0 Å². The number of aromatic nitrogens is 2. The van der Waals surface area contributed by atoms with Crippen LogP contribution in [0.4, 0.5) is 0 Å². The van der Waals surface area contributed by atoms with Gasteiger partial charge in [0.2, 0.25) is 5.88 Å². The zero-order valence-electron chi connectivity index (χ0n) is 7.65. The van der Waals surface area contributed by atoms with Gasteiger partial charge in [-0.3, -0.25) is 5.10 Å². The zero-order valence-corrected chi connectivity index (χ0v) is 8.47. The van der Waals surface area contributed by atoms with Crippen LogP contribution in [0.1, 0.15) is 6.92 Å². The fourth-order valence-electron chi connectivity index (χ4n) is 0.748. The lowest BCUT2D eigenvalue weighted by molar-refractivity contribution is -0.145. The summed E-state index contributed by atoms with van der Waals surface area (Å²) < 4.78 is 10.2. The Morgan fingerprint density at radius 1 is 1.64 bits per heavy atom. The van der Waals surface area contributed by atoms with E-state index in [0.29, 0.717) is 17.1 Å². The van der Waals surface area contributed by atoms with Gasteiger partial charge in [-0.05, 0) is 13.0 Å². The van der Waals surface area contributed by atoms with Gasteiger partial charge in [-0.25, -0.2) is 4.79 Å². The highest BCUT2D eigenvalue weighted by Crippen LogP contribution is 2.02. The second-order valence-corrected chi connectivity index (χ2v) is 2.79. The Morgan fingerprint density at radius 3 is 3.00 bits per heavy atom. The van der Waals surface area contributed by atoms with E-state index in [1.165, 1.54) is 0 Å². The molecular weight excluding hydrogens is 204 g/mol. The number of carbonyl (C=O) groups is 1. The zero-order chi connectivity index (χ0) is 10.4. The molecule has 1 rings (SSSR count). The van der Waals surface area contributed by atoms with Gasteiger partial charge in [0, 0.05) is 6.07 Å². The first kappa shape index (κ1) is 10.6. The van der Waals surface area contributed by atoms with Gasteiger partial charge in [-0.1, -0.05) is 12.2 Å². The van der Waals surface area contributed by atoms with Crippen LogP contribution in [-0.2, 0) is 9.53 Å². The van der Waals surface area contributed by atoms with E-state index in [2.05, 4.69) is 14.9 Å². The van der Waals surface area contributed by atoms with E-state index in [-0.39, 0.29) is 6.61 Å². The second kappa shape index (κ2) is 5.33. The maximum Gasteiger partial charge on any atom is 0.344 e. The summed E-state index contributed by atoms with van der Waals surface area (Å²) in [5.74, 6) is -0.108. The van der Waals surface area contributed by atoms with Gasteiger partial charge in [-0.15, -0.1) is 5.10 Å². The van der Waals surface area contributed by atoms with Crippen molar-refractivity contribution < 1.29 is 14.3 Å². The van der Waals surface area contributed by atoms with Crippen LogP contribution in [0.25, 0.3) is 0 Å². The van der Waals surface area contributed by atoms with Crippen molar-refractivity contribution in [2.24, 2.45) is 0 Å². The summed E-state index contributed by atoms with van der Waals surface area (Å²) in [5, 5.41) is 6.29. The minimum atomic E-state index is -0.420. The Hall–Kier alpha value is -1.43. The molecule has 6 heteroatoms. The quantitative estimate of drug-likeness (QED) is 0.600. The van der Waals surface area contributed by atoms with Crippen LogP contribution in [0.2, 0.25) is 0 Å². The maximum atomic E-state index is 10.9. The first-order chi connectivity index (χ1) is 6.72. The Bertz CT molecular complexity index is 343. The average molecular weight is 214 g/mol. The predicted octanol–water partition coefficient (Wildman–Crippen LogP) is 1.08. The molecule has 0 aliphatic rings. The highest BCUT2D eigenvalue weighted by atomic mass is 32.1. The normalized spacial score (nSPS) is 9.50. The van der Waals surface area contributed by atoms with E-state index in [4.69, 9.17) is 17.0 Å². The number of rotatable bonds is 4. The first-order valence-corrected chi connectivity index (χ1v) is 4.47. The lowest BCUT2D eigenvalue weighted by atomic mass is 10.6. The summed E-state index contributed by atoms with van der Waals surface area (Å²) in [4.78, 5) is 10.9. The molecule has 0 saturated carbocycles. The molecule has 0 atom stereocenters. The number of nitrogens with one attached hydrogen (secondary N) is 1. The van der Waals surface area contributed by atoms with E-state index >= 15 is 0 Å². The van der Waals surface area contributed by atoms with Gasteiger partial charge >= 0.3 is 5.97 Å². The van der Waals surface area contributed by atoms with Gasteiger partial charge in [-0.2, -0.15) is 0 Å². The van der Waals surface area contributed by atoms with Crippen LogP contribution >= 0.6 is 12.2 Å². The molecule has 1 aromatic heterocycles. The highest BCUT2D eigenvalue weighted by Gasteiger charge is 2.02. The van der Waals surface area contributed by atoms with Crippen molar-refractivity contribution in [1.29, 1.82) is 0 Å². The minimum Gasteiger partial charge on any atom is -0.465 e. The van der Waals surface area contributed by atoms with Gasteiger partial charge in [0.25, 0.3) is 0 Å². The molecule has 0 fully saturated rings. The number of hydrogen-bond acceptors (Lipinski definition) is 5. The summed E-state index contributed by atoms with van der Waals surface area (Å²) in [6.07, 6.45) is 0. The first-order valence-electron chi connectivity index (χ1n) is 4.06. The SMILES string of the molecule is CCOC(=O)COc1ccc(=S)[nH]n1. The summed E-state index contributed by atoms with van der Waals surface area (Å²) in [6, 6.07) is 3.21. The number of esters is 1. The van der Waals surface area contributed by atoms with Crippen molar-refractivity contribution in [2.75, 3.05) is 13.2 Å². The lowest BCUT2D eigenvalue weighted by Gasteiger charge is -2.03. The van der Waals surface area contributed by atoms with Crippen LogP contribution in [0, 0.1) is 4.64 Å². The standard InChI is InChI=1S/C8H10N2O3S/c1-2-12-8(11)5-13-6-3-4-7(14)10-9-6/h3-4H,2,5H2,1H3,(H,10,14). The molecule has 0 aliphatic heterocycles. The fourth-order valence-corrected chi connectivity index (χ4v) is 0.861. The molecular formula is C8H10N2O3S. The number of hydrogen-bond donors (Lipinski definition) is 1. The van der Waals surface area contributed by atoms with E-state index in [0.717, 1.165) is 0 Å². The van der Waals surface area contributed by atoms with Gasteiger partial charge in [0.05, 0.1) is 6.61 Å². The molecule has 1 N–H and O–H groups in total. The minimum absolute atomic E-state index is 0.147. The molecule has 5 nitrogen and oxygen atoms in total. The molecule has 0 saturated heterocycles.